The highest BCUT2D eigenvalue weighted by Gasteiger charge is 2.31. The minimum Gasteiger partial charge on any atom is -0.489 e. The molecule has 0 spiro atoms. The van der Waals surface area contributed by atoms with Gasteiger partial charge in [-0.2, -0.15) is 0 Å². The van der Waals surface area contributed by atoms with Gasteiger partial charge in [-0.05, 0) is 26.3 Å². The summed E-state index contributed by atoms with van der Waals surface area (Å²) in [6.45, 7) is 4.03. The molecule has 1 aromatic rings. The van der Waals surface area contributed by atoms with E-state index in [2.05, 4.69) is 5.32 Å². The summed E-state index contributed by atoms with van der Waals surface area (Å²) in [5.74, 6) is -0.0510. The minimum atomic E-state index is -0.674. The highest BCUT2D eigenvalue weighted by molar-refractivity contribution is 6.37. The topological polar surface area (TPSA) is 67.9 Å². The van der Waals surface area contributed by atoms with Crippen LogP contribution < -0.4 is 10.1 Å². The summed E-state index contributed by atoms with van der Waals surface area (Å²) in [4.78, 5) is 25.9. The van der Waals surface area contributed by atoms with Crippen molar-refractivity contribution in [2.75, 3.05) is 19.0 Å². The van der Waals surface area contributed by atoms with Gasteiger partial charge in [0.25, 0.3) is 0 Å². The Morgan fingerprint density at radius 3 is 2.60 bits per heavy atom. The number of anilines is 1. The summed E-state index contributed by atoms with van der Waals surface area (Å²) in [6, 6.07) is 1.94. The highest BCUT2D eigenvalue weighted by atomic mass is 35.5. The standard InChI is InChI=1S/C17H20Cl2N2O4/c1-10(2)25-15-9-13(11(18)8-12(15)19)20-17(23)21-7-5-4-6-14(21)16(22)24-3/h4-5,8-10,14H,6-7H2,1-3H3,(H,20,23). The van der Waals surface area contributed by atoms with Crippen LogP contribution in [0.4, 0.5) is 10.5 Å². The zero-order chi connectivity index (χ0) is 18.6. The van der Waals surface area contributed by atoms with E-state index in [4.69, 9.17) is 32.7 Å². The lowest BCUT2D eigenvalue weighted by atomic mass is 10.1. The van der Waals surface area contributed by atoms with Gasteiger partial charge in [-0.1, -0.05) is 35.4 Å². The van der Waals surface area contributed by atoms with Crippen molar-refractivity contribution < 1.29 is 19.1 Å². The van der Waals surface area contributed by atoms with Crippen LogP contribution in [-0.4, -0.2) is 42.7 Å². The number of ether oxygens (including phenoxy) is 2. The molecule has 2 amide bonds. The number of nitrogens with zero attached hydrogens (tertiary/aromatic N) is 1. The first-order valence-corrected chi connectivity index (χ1v) is 8.55. The van der Waals surface area contributed by atoms with Crippen molar-refractivity contribution in [1.82, 2.24) is 4.90 Å². The molecule has 1 N–H and O–H groups in total. The van der Waals surface area contributed by atoms with Crippen LogP contribution in [0.3, 0.4) is 0 Å². The first kappa shape index (κ1) is 19.4. The van der Waals surface area contributed by atoms with Gasteiger partial charge in [0.1, 0.15) is 11.8 Å². The third-order valence-electron chi connectivity index (χ3n) is 3.56. The smallest absolute Gasteiger partial charge is 0.328 e. The number of hydrogen-bond donors (Lipinski definition) is 1. The first-order valence-electron chi connectivity index (χ1n) is 7.79. The van der Waals surface area contributed by atoms with Crippen molar-refractivity contribution in [2.24, 2.45) is 0 Å². The van der Waals surface area contributed by atoms with Gasteiger partial charge in [0.15, 0.2) is 0 Å². The molecule has 136 valence electrons. The average molecular weight is 387 g/mol. The van der Waals surface area contributed by atoms with Crippen molar-refractivity contribution in [3.8, 4) is 5.75 Å². The Labute approximate surface area is 156 Å². The number of carbonyl (C=O) groups is 2. The highest BCUT2D eigenvalue weighted by Crippen LogP contribution is 2.35. The summed E-state index contributed by atoms with van der Waals surface area (Å²) < 4.78 is 10.4. The fourth-order valence-electron chi connectivity index (χ4n) is 2.41. The number of halogens is 2. The Kier molecular flexibility index (Phi) is 6.56. The molecule has 1 atom stereocenters. The maximum Gasteiger partial charge on any atom is 0.328 e. The van der Waals surface area contributed by atoms with Gasteiger partial charge in [0, 0.05) is 12.6 Å². The lowest BCUT2D eigenvalue weighted by Crippen LogP contribution is -2.48. The second-order valence-corrected chi connectivity index (χ2v) is 6.57. The number of amides is 2. The fraction of sp³-hybridized carbons (Fsp3) is 0.412. The number of rotatable bonds is 4. The number of nitrogens with one attached hydrogen (secondary N) is 1. The third-order valence-corrected chi connectivity index (χ3v) is 4.17. The Morgan fingerprint density at radius 1 is 1.24 bits per heavy atom. The van der Waals surface area contributed by atoms with E-state index >= 15 is 0 Å². The van der Waals surface area contributed by atoms with Gasteiger partial charge >= 0.3 is 12.0 Å². The Morgan fingerprint density at radius 2 is 1.96 bits per heavy atom. The van der Waals surface area contributed by atoms with Crippen molar-refractivity contribution in [3.05, 3.63) is 34.3 Å². The Balaban J connectivity index is 2.21. The van der Waals surface area contributed by atoms with Crippen molar-refractivity contribution in [3.63, 3.8) is 0 Å². The molecule has 8 heteroatoms. The van der Waals surface area contributed by atoms with Crippen molar-refractivity contribution >= 4 is 40.9 Å². The van der Waals surface area contributed by atoms with Crippen LogP contribution in [0.25, 0.3) is 0 Å². The summed E-state index contributed by atoms with van der Waals surface area (Å²) in [7, 11) is 1.29. The predicted molar refractivity (Wildman–Crippen MR) is 97.5 cm³/mol. The van der Waals surface area contributed by atoms with Gasteiger partial charge in [0.2, 0.25) is 0 Å². The molecule has 0 bridgehead atoms. The van der Waals surface area contributed by atoms with E-state index in [0.717, 1.165) is 0 Å². The number of esters is 1. The molecule has 1 aromatic carbocycles. The average Bonchev–Trinajstić information content (AvgIpc) is 2.58. The SMILES string of the molecule is COC(=O)C1CC=CCN1C(=O)Nc1cc(OC(C)C)c(Cl)cc1Cl. The second kappa shape index (κ2) is 8.45. The van der Waals surface area contributed by atoms with Crippen molar-refractivity contribution in [1.29, 1.82) is 0 Å². The van der Waals surface area contributed by atoms with Gasteiger partial charge in [-0.15, -0.1) is 0 Å². The van der Waals surface area contributed by atoms with Crippen LogP contribution in [0.5, 0.6) is 5.75 Å². The molecule has 6 nitrogen and oxygen atoms in total. The van der Waals surface area contributed by atoms with E-state index in [1.807, 2.05) is 26.0 Å². The molecule has 0 aliphatic carbocycles. The molecule has 0 fully saturated rings. The van der Waals surface area contributed by atoms with Gasteiger partial charge in [-0.3, -0.25) is 0 Å². The monoisotopic (exact) mass is 386 g/mol. The molecule has 1 unspecified atom stereocenters. The zero-order valence-electron chi connectivity index (χ0n) is 14.2. The number of carbonyl (C=O) groups excluding carboxylic acids is 2. The summed E-state index contributed by atoms with van der Waals surface area (Å²) in [5, 5.41) is 3.33. The fourth-order valence-corrected chi connectivity index (χ4v) is 2.88. The van der Waals surface area contributed by atoms with E-state index in [1.165, 1.54) is 18.1 Å². The molecule has 0 saturated carbocycles. The predicted octanol–water partition coefficient (Wildman–Crippen LogP) is 4.12. The molecular formula is C17H20Cl2N2O4. The quantitative estimate of drug-likeness (QED) is 0.624. The van der Waals surface area contributed by atoms with Gasteiger partial charge in [0.05, 0.1) is 28.9 Å². The Bertz CT molecular complexity index is 691. The lowest BCUT2D eigenvalue weighted by Gasteiger charge is -2.31. The second-order valence-electron chi connectivity index (χ2n) is 5.76. The van der Waals surface area contributed by atoms with Crippen LogP contribution in [0.15, 0.2) is 24.3 Å². The lowest BCUT2D eigenvalue weighted by molar-refractivity contribution is -0.145. The van der Waals surface area contributed by atoms with Crippen molar-refractivity contribution in [2.45, 2.75) is 32.4 Å². The molecule has 1 heterocycles. The van der Waals surface area contributed by atoms with Crippen LogP contribution >= 0.6 is 23.2 Å². The van der Waals surface area contributed by atoms with E-state index in [-0.39, 0.29) is 11.1 Å². The van der Waals surface area contributed by atoms with Crippen LogP contribution in [0.2, 0.25) is 10.0 Å². The molecule has 0 aromatic heterocycles. The van der Waals surface area contributed by atoms with Crippen LogP contribution in [0.1, 0.15) is 20.3 Å². The van der Waals surface area contributed by atoms with Crippen LogP contribution in [-0.2, 0) is 9.53 Å². The van der Waals surface area contributed by atoms with E-state index < -0.39 is 18.0 Å². The van der Waals surface area contributed by atoms with Gasteiger partial charge < -0.3 is 19.7 Å². The third kappa shape index (κ3) is 4.80. The Hall–Kier alpha value is -1.92. The van der Waals surface area contributed by atoms with E-state index in [0.29, 0.717) is 29.4 Å². The maximum absolute atomic E-state index is 12.6. The van der Waals surface area contributed by atoms with Crippen LogP contribution in [0, 0.1) is 0 Å². The molecular weight excluding hydrogens is 367 g/mol. The number of methoxy groups -OCH3 is 1. The molecule has 25 heavy (non-hydrogen) atoms. The maximum atomic E-state index is 12.6. The summed E-state index contributed by atoms with van der Waals surface area (Å²) >= 11 is 12.3. The minimum absolute atomic E-state index is 0.0850. The molecule has 0 radical (unpaired) electrons. The summed E-state index contributed by atoms with van der Waals surface area (Å²) in [6.07, 6.45) is 3.97. The molecule has 1 aliphatic rings. The van der Waals surface area contributed by atoms with E-state index in [9.17, 15) is 9.59 Å². The largest absolute Gasteiger partial charge is 0.489 e. The van der Waals surface area contributed by atoms with E-state index in [1.54, 1.807) is 6.07 Å². The number of urea groups is 1. The molecule has 0 saturated heterocycles. The first-order chi connectivity index (χ1) is 11.8. The summed E-state index contributed by atoms with van der Waals surface area (Å²) in [5.41, 5.74) is 0.352. The number of hydrogen-bond acceptors (Lipinski definition) is 4. The normalized spacial score (nSPS) is 16.7. The molecule has 2 rings (SSSR count). The molecule has 1 aliphatic heterocycles. The van der Waals surface area contributed by atoms with Gasteiger partial charge in [-0.25, -0.2) is 9.59 Å². The number of benzene rings is 1. The zero-order valence-corrected chi connectivity index (χ0v) is 15.7.